The van der Waals surface area contributed by atoms with Crippen molar-refractivity contribution >= 4 is 52.6 Å². The monoisotopic (exact) mass is 922 g/mol. The van der Waals surface area contributed by atoms with Crippen LogP contribution in [0.5, 0.6) is 0 Å². The molecule has 18 heteroatoms. The van der Waals surface area contributed by atoms with E-state index in [9.17, 15) is 24.0 Å². The second-order valence-electron chi connectivity index (χ2n) is 19.7. The minimum atomic E-state index is -0.656. The maximum atomic E-state index is 13.4. The molecule has 0 radical (unpaired) electrons. The lowest BCUT2D eigenvalue weighted by Crippen LogP contribution is -2.46. The van der Waals surface area contributed by atoms with E-state index in [4.69, 9.17) is 19.4 Å². The fraction of sp³-hybridized carbons (Fsp3) is 0.571. The first-order valence-electron chi connectivity index (χ1n) is 23.9. The van der Waals surface area contributed by atoms with E-state index in [-0.39, 0.29) is 48.9 Å². The molecular weight excluding hydrogens is 855 g/mol. The topological polar surface area (TPSA) is 197 Å². The molecule has 18 nitrogen and oxygen atoms in total. The van der Waals surface area contributed by atoms with Crippen molar-refractivity contribution in [3.63, 3.8) is 0 Å². The van der Waals surface area contributed by atoms with E-state index in [1.807, 2.05) is 76.9 Å². The molecule has 2 aromatic heterocycles. The third kappa shape index (κ3) is 13.2. The first-order valence-corrected chi connectivity index (χ1v) is 23.9. The summed E-state index contributed by atoms with van der Waals surface area (Å²) in [4.78, 5) is 81.6. The molecule has 2 aliphatic heterocycles. The summed E-state index contributed by atoms with van der Waals surface area (Å²) in [5.41, 5.74) is 0.976. The molecule has 1 aliphatic carbocycles. The Labute approximate surface area is 393 Å². The summed E-state index contributed by atoms with van der Waals surface area (Å²) in [6.45, 7) is 14.5. The van der Waals surface area contributed by atoms with Crippen LogP contribution in [0.25, 0.3) is 10.9 Å². The standard InChI is InChI=1S/C49H67N11O7/c1-48(2,3)66-46(64)57(26-15-28-59(36-16-8-7-9-17-36)47(65)67-49(4,5)6)25-14-27-58-33-35(54-55-58)32-50-45-52-40-21-13-12-20-39(40)42(53-45)51-34-22-29-56(30-23-34)41(61)24-31-60-43(62)37-18-10-11-19-38(37)44(60)63/h10-13,18-21,33-34,36H,7-9,14-17,22-32H2,1-6H3,(H2,50,51,52,53). The van der Waals surface area contributed by atoms with Gasteiger partial charge in [0, 0.05) is 69.7 Å². The number of anilines is 2. The second-order valence-corrected chi connectivity index (χ2v) is 19.7. The average Bonchev–Trinajstić information content (AvgIpc) is 3.85. The molecule has 4 heterocycles. The lowest BCUT2D eigenvalue weighted by Gasteiger charge is -2.36. The number of aryl methyl sites for hydroxylation is 1. The van der Waals surface area contributed by atoms with E-state index in [1.54, 1.807) is 38.7 Å². The number of para-hydroxylation sites is 1. The van der Waals surface area contributed by atoms with Crippen molar-refractivity contribution in [3.05, 3.63) is 71.5 Å². The van der Waals surface area contributed by atoms with Crippen LogP contribution >= 0.6 is 0 Å². The van der Waals surface area contributed by atoms with Gasteiger partial charge in [-0.1, -0.05) is 48.7 Å². The van der Waals surface area contributed by atoms with Crippen molar-refractivity contribution in [2.45, 2.75) is 142 Å². The molecule has 360 valence electrons. The Hall–Kier alpha value is -6.33. The van der Waals surface area contributed by atoms with Gasteiger partial charge < -0.3 is 34.8 Å². The van der Waals surface area contributed by atoms with Crippen molar-refractivity contribution in [2.75, 3.05) is 49.9 Å². The van der Waals surface area contributed by atoms with Crippen LogP contribution in [0.4, 0.5) is 21.4 Å². The van der Waals surface area contributed by atoms with Crippen molar-refractivity contribution in [1.82, 2.24) is 44.6 Å². The summed E-state index contributed by atoms with van der Waals surface area (Å²) in [7, 11) is 0. The zero-order valence-electron chi connectivity index (χ0n) is 40.0. The number of ether oxygens (including phenoxy) is 2. The largest absolute Gasteiger partial charge is 0.444 e. The third-order valence-electron chi connectivity index (χ3n) is 12.2. The smallest absolute Gasteiger partial charge is 0.410 e. The van der Waals surface area contributed by atoms with Gasteiger partial charge in [0.25, 0.3) is 11.8 Å². The Morgan fingerprint density at radius 3 is 2.09 bits per heavy atom. The molecule has 5 amide bonds. The Kier molecular flexibility index (Phi) is 15.6. The van der Waals surface area contributed by atoms with Crippen LogP contribution < -0.4 is 10.6 Å². The van der Waals surface area contributed by atoms with Gasteiger partial charge in [0.15, 0.2) is 0 Å². The number of nitrogens with one attached hydrogen (secondary N) is 2. The number of nitrogens with zero attached hydrogens (tertiary/aromatic N) is 9. The number of amides is 5. The van der Waals surface area contributed by atoms with Crippen LogP contribution in [-0.2, 0) is 27.4 Å². The van der Waals surface area contributed by atoms with Crippen molar-refractivity contribution in [2.24, 2.45) is 0 Å². The van der Waals surface area contributed by atoms with E-state index in [1.165, 1.54) is 11.3 Å². The summed E-state index contributed by atoms with van der Waals surface area (Å²) in [6, 6.07) is 14.7. The van der Waals surface area contributed by atoms with Crippen molar-refractivity contribution in [1.29, 1.82) is 0 Å². The molecule has 2 N–H and O–H groups in total. The Bertz CT molecular complexity index is 2340. The maximum absolute atomic E-state index is 13.4. The zero-order chi connectivity index (χ0) is 47.7. The number of rotatable bonds is 17. The second kappa shape index (κ2) is 21.5. The number of benzene rings is 2. The average molecular weight is 922 g/mol. The minimum Gasteiger partial charge on any atom is -0.444 e. The predicted octanol–water partition coefficient (Wildman–Crippen LogP) is 7.51. The van der Waals surface area contributed by atoms with Crippen LogP contribution in [0, 0.1) is 0 Å². The molecule has 4 aromatic rings. The number of fused-ring (bicyclic) bond motifs is 2. The highest BCUT2D eigenvalue weighted by atomic mass is 16.6. The molecule has 7 rings (SSSR count). The molecule has 2 aromatic carbocycles. The van der Waals surface area contributed by atoms with E-state index < -0.39 is 17.3 Å². The van der Waals surface area contributed by atoms with Gasteiger partial charge in [-0.15, -0.1) is 5.10 Å². The van der Waals surface area contributed by atoms with Crippen LogP contribution in [0.3, 0.4) is 0 Å². The number of hydrogen-bond donors (Lipinski definition) is 2. The summed E-state index contributed by atoms with van der Waals surface area (Å²) >= 11 is 0. The number of carbonyl (C=O) groups is 5. The van der Waals surface area contributed by atoms with Crippen LogP contribution in [0.1, 0.15) is 132 Å². The fourth-order valence-electron chi connectivity index (χ4n) is 8.85. The Balaban J connectivity index is 0.892. The summed E-state index contributed by atoms with van der Waals surface area (Å²) < 4.78 is 13.3. The number of likely N-dealkylation sites (tertiary alicyclic amines) is 1. The van der Waals surface area contributed by atoms with Gasteiger partial charge in [0.1, 0.15) is 22.7 Å². The molecule has 1 saturated carbocycles. The molecule has 2 fully saturated rings. The number of imide groups is 1. The summed E-state index contributed by atoms with van der Waals surface area (Å²) in [5, 5.41) is 16.5. The number of carbonyl (C=O) groups excluding carboxylic acids is 5. The van der Waals surface area contributed by atoms with Gasteiger partial charge in [-0.3, -0.25) is 24.0 Å². The van der Waals surface area contributed by atoms with E-state index in [0.29, 0.717) is 100 Å². The quantitative estimate of drug-likeness (QED) is 0.0988. The van der Waals surface area contributed by atoms with Crippen LogP contribution in [0.2, 0.25) is 0 Å². The van der Waals surface area contributed by atoms with E-state index in [0.717, 1.165) is 36.6 Å². The normalized spacial score (nSPS) is 16.0. The third-order valence-corrected chi connectivity index (χ3v) is 12.2. The first kappa shape index (κ1) is 48.6. The molecular formula is C49H67N11O7. The van der Waals surface area contributed by atoms with Crippen LogP contribution in [-0.4, -0.2) is 137 Å². The number of hydrogen-bond acceptors (Lipinski definition) is 13. The fourth-order valence-corrected chi connectivity index (χ4v) is 8.85. The van der Waals surface area contributed by atoms with E-state index in [2.05, 4.69) is 20.9 Å². The van der Waals surface area contributed by atoms with Gasteiger partial charge >= 0.3 is 12.2 Å². The SMILES string of the molecule is CC(C)(C)OC(=O)N(CCCN(C(=O)OC(C)(C)C)C1CCCCC1)CCCn1cc(CNc2nc(NC3CCN(C(=O)CCN4C(=O)c5ccccc5C4=O)CC3)c3ccccc3n2)nn1. The molecule has 0 bridgehead atoms. The number of aromatic nitrogens is 5. The Morgan fingerprint density at radius 1 is 0.761 bits per heavy atom. The molecule has 0 atom stereocenters. The lowest BCUT2D eigenvalue weighted by molar-refractivity contribution is -0.132. The predicted molar refractivity (Wildman–Crippen MR) is 253 cm³/mol. The summed E-state index contributed by atoms with van der Waals surface area (Å²) in [5.74, 6) is 0.324. The maximum Gasteiger partial charge on any atom is 0.410 e. The highest BCUT2D eigenvalue weighted by Crippen LogP contribution is 2.28. The van der Waals surface area contributed by atoms with Crippen molar-refractivity contribution < 1.29 is 33.4 Å². The summed E-state index contributed by atoms with van der Waals surface area (Å²) in [6.07, 6.45) is 9.13. The van der Waals surface area contributed by atoms with Crippen LogP contribution in [0.15, 0.2) is 54.7 Å². The van der Waals surface area contributed by atoms with Gasteiger partial charge in [0.05, 0.1) is 29.4 Å². The lowest BCUT2D eigenvalue weighted by atomic mass is 9.94. The molecule has 1 saturated heterocycles. The first-order chi connectivity index (χ1) is 32.0. The minimum absolute atomic E-state index is 0.0529. The highest BCUT2D eigenvalue weighted by molar-refractivity contribution is 6.21. The molecule has 3 aliphatic rings. The van der Waals surface area contributed by atoms with Gasteiger partial charge in [0.2, 0.25) is 11.9 Å². The van der Waals surface area contributed by atoms with Gasteiger partial charge in [-0.2, -0.15) is 4.98 Å². The highest BCUT2D eigenvalue weighted by Gasteiger charge is 2.36. The van der Waals surface area contributed by atoms with E-state index >= 15 is 0 Å². The molecule has 0 spiro atoms. The van der Waals surface area contributed by atoms with Crippen molar-refractivity contribution in [3.8, 4) is 0 Å². The molecule has 0 unspecified atom stereocenters. The molecule has 67 heavy (non-hydrogen) atoms. The Morgan fingerprint density at radius 2 is 1.40 bits per heavy atom. The zero-order valence-corrected chi connectivity index (χ0v) is 40.0. The van der Waals surface area contributed by atoms with Gasteiger partial charge in [-0.05, 0) is 104 Å². The van der Waals surface area contributed by atoms with Gasteiger partial charge in [-0.25, -0.2) is 14.6 Å². The number of piperidine rings is 1.